The van der Waals surface area contributed by atoms with E-state index in [4.69, 9.17) is 0 Å². The van der Waals surface area contributed by atoms with Gasteiger partial charge in [0.25, 0.3) is 0 Å². The van der Waals surface area contributed by atoms with Crippen LogP contribution < -0.4 is 0 Å². The molecule has 2 rings (SSSR count). The number of carbonyl (C=O) groups excluding carboxylic acids is 1. The summed E-state index contributed by atoms with van der Waals surface area (Å²) in [5.41, 5.74) is 0. The summed E-state index contributed by atoms with van der Waals surface area (Å²) in [5, 5.41) is 0. The van der Waals surface area contributed by atoms with Crippen molar-refractivity contribution >= 4 is 6.03 Å². The van der Waals surface area contributed by atoms with Crippen LogP contribution in [0.25, 0.3) is 0 Å². The van der Waals surface area contributed by atoms with Crippen LogP contribution in [0.2, 0.25) is 0 Å². The molecular weight excluding hydrogens is 178 g/mol. The van der Waals surface area contributed by atoms with E-state index in [-0.39, 0.29) is 6.03 Å². The third kappa shape index (κ3) is 1.64. The van der Waals surface area contributed by atoms with Crippen LogP contribution in [0.3, 0.4) is 0 Å². The minimum absolute atomic E-state index is 0.00176. The largest absolute Gasteiger partial charge is 0.329 e. The lowest BCUT2D eigenvalue weighted by Gasteiger charge is -2.24. The normalized spacial score (nSPS) is 17.9. The Morgan fingerprint density at radius 1 is 1.64 bits per heavy atom. The van der Waals surface area contributed by atoms with Gasteiger partial charge in [-0.25, -0.2) is 9.78 Å². The van der Waals surface area contributed by atoms with Crippen LogP contribution in [-0.4, -0.2) is 33.6 Å². The number of rotatable bonds is 2. The van der Waals surface area contributed by atoms with Crippen molar-refractivity contribution in [3.8, 4) is 0 Å². The van der Waals surface area contributed by atoms with E-state index < -0.39 is 0 Å². The topological polar surface area (TPSA) is 38.1 Å². The van der Waals surface area contributed by atoms with Crippen molar-refractivity contribution < 1.29 is 4.79 Å². The van der Waals surface area contributed by atoms with Crippen LogP contribution in [0.5, 0.6) is 0 Å². The van der Waals surface area contributed by atoms with Gasteiger partial charge in [-0.05, 0) is 25.7 Å². The first kappa shape index (κ1) is 9.24. The number of nitrogens with zero attached hydrogens (tertiary/aromatic N) is 3. The highest BCUT2D eigenvalue weighted by Gasteiger charge is 2.32. The summed E-state index contributed by atoms with van der Waals surface area (Å²) >= 11 is 0. The van der Waals surface area contributed by atoms with Gasteiger partial charge in [0, 0.05) is 25.5 Å². The first-order valence-corrected chi connectivity index (χ1v) is 4.95. The molecule has 1 heterocycles. The fraction of sp³-hybridized carbons (Fsp3) is 0.600. The zero-order valence-corrected chi connectivity index (χ0v) is 8.55. The molecule has 1 atom stereocenters. The number of hydrogen-bond donors (Lipinski definition) is 0. The highest BCUT2D eigenvalue weighted by atomic mass is 16.2. The van der Waals surface area contributed by atoms with Crippen molar-refractivity contribution in [1.82, 2.24) is 14.5 Å². The molecule has 1 saturated carbocycles. The van der Waals surface area contributed by atoms with Gasteiger partial charge in [0.1, 0.15) is 6.33 Å². The maximum atomic E-state index is 11.8. The molecule has 0 aliphatic heterocycles. The summed E-state index contributed by atoms with van der Waals surface area (Å²) in [6, 6.07) is 0.340. The SMILES string of the molecule is CC(C1CC1)N(C)C(=O)n1ccnc1. The maximum Gasteiger partial charge on any atom is 0.329 e. The van der Waals surface area contributed by atoms with Crippen LogP contribution in [0.4, 0.5) is 4.79 Å². The van der Waals surface area contributed by atoms with E-state index in [1.165, 1.54) is 17.4 Å². The van der Waals surface area contributed by atoms with Crippen molar-refractivity contribution in [2.24, 2.45) is 5.92 Å². The Hall–Kier alpha value is -1.32. The number of imidazole rings is 1. The van der Waals surface area contributed by atoms with E-state index in [2.05, 4.69) is 11.9 Å². The molecule has 1 fully saturated rings. The lowest BCUT2D eigenvalue weighted by atomic mass is 10.2. The zero-order chi connectivity index (χ0) is 10.1. The smallest absolute Gasteiger partial charge is 0.324 e. The van der Waals surface area contributed by atoms with Crippen LogP contribution >= 0.6 is 0 Å². The minimum atomic E-state index is 0.00176. The quantitative estimate of drug-likeness (QED) is 0.715. The summed E-state index contributed by atoms with van der Waals surface area (Å²) in [4.78, 5) is 17.5. The fourth-order valence-electron chi connectivity index (χ4n) is 1.62. The molecule has 0 N–H and O–H groups in total. The number of amides is 1. The Balaban J connectivity index is 2.03. The average Bonchev–Trinajstić information content (AvgIpc) is 2.90. The van der Waals surface area contributed by atoms with Crippen LogP contribution in [0.15, 0.2) is 18.7 Å². The fourth-order valence-corrected chi connectivity index (χ4v) is 1.62. The Bertz CT molecular complexity index is 316. The second kappa shape index (κ2) is 3.44. The van der Waals surface area contributed by atoms with Gasteiger partial charge in [-0.15, -0.1) is 0 Å². The van der Waals surface area contributed by atoms with Crippen molar-refractivity contribution in [3.05, 3.63) is 18.7 Å². The molecule has 0 saturated heterocycles. The lowest BCUT2D eigenvalue weighted by molar-refractivity contribution is 0.189. The number of carbonyl (C=O) groups is 1. The first-order chi connectivity index (χ1) is 6.70. The average molecular weight is 193 g/mol. The molecule has 1 aliphatic carbocycles. The molecule has 0 spiro atoms. The van der Waals surface area contributed by atoms with Crippen molar-refractivity contribution in [1.29, 1.82) is 0 Å². The molecule has 76 valence electrons. The highest BCUT2D eigenvalue weighted by Crippen LogP contribution is 2.34. The molecule has 14 heavy (non-hydrogen) atoms. The second-order valence-electron chi connectivity index (χ2n) is 3.94. The predicted molar refractivity (Wildman–Crippen MR) is 53.0 cm³/mol. The van der Waals surface area contributed by atoms with E-state index in [0.29, 0.717) is 12.0 Å². The molecule has 1 aromatic rings. The maximum absolute atomic E-state index is 11.8. The Labute approximate surface area is 83.5 Å². The molecular formula is C10H15N3O. The molecule has 0 bridgehead atoms. The summed E-state index contributed by atoms with van der Waals surface area (Å²) in [5.74, 6) is 0.701. The number of aromatic nitrogens is 2. The van der Waals surface area contributed by atoms with Gasteiger partial charge in [-0.2, -0.15) is 0 Å². The molecule has 0 radical (unpaired) electrons. The van der Waals surface area contributed by atoms with Gasteiger partial charge >= 0.3 is 6.03 Å². The molecule has 4 heteroatoms. The van der Waals surface area contributed by atoms with E-state index in [0.717, 1.165) is 0 Å². The van der Waals surface area contributed by atoms with E-state index in [1.807, 2.05) is 7.05 Å². The zero-order valence-electron chi connectivity index (χ0n) is 8.55. The summed E-state index contributed by atoms with van der Waals surface area (Å²) < 4.78 is 1.51. The summed E-state index contributed by atoms with van der Waals surface area (Å²) in [6.07, 6.45) is 7.34. The van der Waals surface area contributed by atoms with Crippen LogP contribution in [-0.2, 0) is 0 Å². The van der Waals surface area contributed by atoms with Gasteiger partial charge in [0.2, 0.25) is 0 Å². The van der Waals surface area contributed by atoms with E-state index >= 15 is 0 Å². The van der Waals surface area contributed by atoms with Crippen LogP contribution in [0, 0.1) is 5.92 Å². The highest BCUT2D eigenvalue weighted by molar-refractivity contribution is 5.76. The van der Waals surface area contributed by atoms with E-state index in [1.54, 1.807) is 23.6 Å². The van der Waals surface area contributed by atoms with Gasteiger partial charge in [-0.1, -0.05) is 0 Å². The van der Waals surface area contributed by atoms with Crippen molar-refractivity contribution in [2.45, 2.75) is 25.8 Å². The first-order valence-electron chi connectivity index (χ1n) is 4.95. The Morgan fingerprint density at radius 2 is 2.36 bits per heavy atom. The van der Waals surface area contributed by atoms with Gasteiger partial charge < -0.3 is 4.90 Å². The second-order valence-corrected chi connectivity index (χ2v) is 3.94. The van der Waals surface area contributed by atoms with Crippen molar-refractivity contribution in [3.63, 3.8) is 0 Å². The molecule has 0 aromatic carbocycles. The lowest BCUT2D eigenvalue weighted by Crippen LogP contribution is -2.38. The molecule has 1 aliphatic rings. The molecule has 4 nitrogen and oxygen atoms in total. The minimum Gasteiger partial charge on any atom is -0.324 e. The third-order valence-electron chi connectivity index (χ3n) is 2.94. The molecule has 1 unspecified atom stereocenters. The predicted octanol–water partition coefficient (Wildman–Crippen LogP) is 1.58. The van der Waals surface area contributed by atoms with Crippen molar-refractivity contribution in [2.75, 3.05) is 7.05 Å². The summed E-state index contributed by atoms with van der Waals surface area (Å²) in [6.45, 7) is 2.10. The third-order valence-corrected chi connectivity index (χ3v) is 2.94. The summed E-state index contributed by atoms with van der Waals surface area (Å²) in [7, 11) is 1.85. The van der Waals surface area contributed by atoms with Crippen LogP contribution in [0.1, 0.15) is 19.8 Å². The van der Waals surface area contributed by atoms with Gasteiger partial charge in [0.15, 0.2) is 0 Å². The van der Waals surface area contributed by atoms with Gasteiger partial charge in [0.05, 0.1) is 0 Å². The molecule has 1 aromatic heterocycles. The molecule has 1 amide bonds. The van der Waals surface area contributed by atoms with Gasteiger partial charge in [-0.3, -0.25) is 4.57 Å². The Morgan fingerprint density at radius 3 is 2.86 bits per heavy atom. The number of hydrogen-bond acceptors (Lipinski definition) is 2. The van der Waals surface area contributed by atoms with E-state index in [9.17, 15) is 4.79 Å². The standard InChI is InChI=1S/C10H15N3O/c1-8(9-3-4-9)12(2)10(14)13-6-5-11-7-13/h5-9H,3-4H2,1-2H3. The Kier molecular flexibility index (Phi) is 2.27. The monoisotopic (exact) mass is 193 g/mol.